The summed E-state index contributed by atoms with van der Waals surface area (Å²) in [6.45, 7) is 8.17. The third kappa shape index (κ3) is 5.23. The maximum absolute atomic E-state index is 12.5. The first kappa shape index (κ1) is 21.7. The Kier molecular flexibility index (Phi) is 6.78. The topological polar surface area (TPSA) is 121 Å². The molecule has 2 rings (SSSR count). The molecule has 29 heavy (non-hydrogen) atoms. The van der Waals surface area contributed by atoms with E-state index >= 15 is 0 Å². The summed E-state index contributed by atoms with van der Waals surface area (Å²) in [5, 5.41) is 11.4. The Hall–Kier alpha value is -3.60. The minimum Gasteiger partial charge on any atom is -0.459 e. The fourth-order valence-corrected chi connectivity index (χ4v) is 2.68. The lowest BCUT2D eigenvalue weighted by atomic mass is 10.1. The zero-order valence-corrected chi connectivity index (χ0v) is 17.0. The minimum absolute atomic E-state index is 0.0937. The third-order valence-electron chi connectivity index (χ3n) is 4.12. The van der Waals surface area contributed by atoms with Gasteiger partial charge in [0.2, 0.25) is 0 Å². The Morgan fingerprint density at radius 2 is 1.66 bits per heavy atom. The van der Waals surface area contributed by atoms with Crippen LogP contribution in [0.3, 0.4) is 0 Å². The van der Waals surface area contributed by atoms with E-state index in [0.717, 1.165) is 0 Å². The molecule has 1 aromatic heterocycles. The van der Waals surface area contributed by atoms with Crippen LogP contribution in [0.25, 0.3) is 0 Å². The summed E-state index contributed by atoms with van der Waals surface area (Å²) in [6, 6.07) is 8.27. The van der Waals surface area contributed by atoms with Crippen molar-refractivity contribution in [2.75, 3.05) is 5.32 Å². The van der Waals surface area contributed by atoms with Gasteiger partial charge in [0.1, 0.15) is 5.69 Å². The van der Waals surface area contributed by atoms with Crippen molar-refractivity contribution in [3.8, 4) is 6.07 Å². The average molecular weight is 397 g/mol. The van der Waals surface area contributed by atoms with Crippen molar-refractivity contribution in [2.24, 2.45) is 0 Å². The lowest BCUT2D eigenvalue weighted by molar-refractivity contribution is -0.123. The first-order valence-corrected chi connectivity index (χ1v) is 9.06. The predicted octanol–water partition coefficient (Wildman–Crippen LogP) is 3.25. The van der Waals surface area contributed by atoms with Gasteiger partial charge in [-0.2, -0.15) is 5.26 Å². The van der Waals surface area contributed by atoms with Crippen molar-refractivity contribution in [1.82, 2.24) is 4.98 Å². The van der Waals surface area contributed by atoms with Crippen LogP contribution in [0.5, 0.6) is 0 Å². The number of carbonyl (C=O) groups is 3. The van der Waals surface area contributed by atoms with Crippen molar-refractivity contribution in [3.05, 3.63) is 52.3 Å². The van der Waals surface area contributed by atoms with Crippen LogP contribution in [0.15, 0.2) is 24.3 Å². The fourth-order valence-electron chi connectivity index (χ4n) is 2.68. The van der Waals surface area contributed by atoms with Crippen molar-refractivity contribution in [2.45, 2.75) is 46.8 Å². The molecule has 0 saturated carbocycles. The molecule has 1 heterocycles. The molecule has 0 aliphatic rings. The van der Waals surface area contributed by atoms with Gasteiger partial charge >= 0.3 is 11.9 Å². The number of nitriles is 1. The van der Waals surface area contributed by atoms with Gasteiger partial charge in [-0.15, -0.1) is 0 Å². The molecule has 152 valence electrons. The Balaban J connectivity index is 2.08. The number of anilines is 1. The van der Waals surface area contributed by atoms with Crippen molar-refractivity contribution < 1.29 is 23.9 Å². The Morgan fingerprint density at radius 3 is 2.21 bits per heavy atom. The number of carbonyl (C=O) groups excluding carboxylic acids is 3. The van der Waals surface area contributed by atoms with Gasteiger partial charge in [0.05, 0.1) is 23.3 Å². The van der Waals surface area contributed by atoms with Crippen LogP contribution < -0.4 is 5.32 Å². The minimum atomic E-state index is -1.08. The van der Waals surface area contributed by atoms with E-state index in [1.165, 1.54) is 6.92 Å². The van der Waals surface area contributed by atoms with E-state index in [9.17, 15) is 14.4 Å². The Labute approximate surface area is 168 Å². The molecule has 2 N–H and O–H groups in total. The molecule has 0 aliphatic carbocycles. The van der Waals surface area contributed by atoms with E-state index in [-0.39, 0.29) is 17.4 Å². The maximum atomic E-state index is 12.5. The van der Waals surface area contributed by atoms with Gasteiger partial charge in [0, 0.05) is 11.4 Å². The molecule has 1 amide bonds. The summed E-state index contributed by atoms with van der Waals surface area (Å²) in [5.74, 6) is -1.81. The van der Waals surface area contributed by atoms with Crippen LogP contribution in [-0.4, -0.2) is 35.0 Å². The van der Waals surface area contributed by atoms with E-state index in [4.69, 9.17) is 14.7 Å². The zero-order valence-electron chi connectivity index (χ0n) is 17.0. The fraction of sp³-hybridized carbons (Fsp3) is 0.333. The smallest absolute Gasteiger partial charge is 0.355 e. The number of ether oxygens (including phenoxy) is 2. The van der Waals surface area contributed by atoms with Crippen LogP contribution in [0.1, 0.15) is 58.4 Å². The first-order chi connectivity index (χ1) is 13.6. The van der Waals surface area contributed by atoms with Crippen LogP contribution in [0.2, 0.25) is 0 Å². The molecule has 0 saturated heterocycles. The molecule has 1 atom stereocenters. The summed E-state index contributed by atoms with van der Waals surface area (Å²) in [7, 11) is 0. The predicted molar refractivity (Wildman–Crippen MR) is 105 cm³/mol. The highest BCUT2D eigenvalue weighted by atomic mass is 16.6. The van der Waals surface area contributed by atoms with Crippen molar-refractivity contribution in [3.63, 3.8) is 0 Å². The molecule has 8 heteroatoms. The second-order valence-corrected chi connectivity index (χ2v) is 6.81. The Morgan fingerprint density at radius 1 is 1.03 bits per heavy atom. The average Bonchev–Trinajstić information content (AvgIpc) is 2.96. The van der Waals surface area contributed by atoms with Gasteiger partial charge in [-0.3, -0.25) is 4.79 Å². The number of rotatable bonds is 6. The number of hydrogen-bond acceptors (Lipinski definition) is 6. The Bertz CT molecular complexity index is 967. The number of H-pyrrole nitrogens is 1. The van der Waals surface area contributed by atoms with E-state index in [1.807, 2.05) is 6.07 Å². The van der Waals surface area contributed by atoms with Gasteiger partial charge in [0.25, 0.3) is 5.91 Å². The summed E-state index contributed by atoms with van der Waals surface area (Å²) in [4.78, 5) is 39.9. The number of esters is 2. The van der Waals surface area contributed by atoms with Gasteiger partial charge in [-0.25, -0.2) is 9.59 Å². The number of aromatic nitrogens is 1. The molecule has 8 nitrogen and oxygen atoms in total. The standard InChI is InChI=1S/C21H23N3O5/c1-11(2)28-20(26)17-12(3)18(23-13(17)4)21(27)29-14(5)19(25)24-16-8-6-15(10-22)7-9-16/h6-9,11,14,23H,1-5H3,(H,24,25)/t14-/m0/s1. The molecule has 0 radical (unpaired) electrons. The second-order valence-electron chi connectivity index (χ2n) is 6.81. The molecule has 0 unspecified atom stereocenters. The van der Waals surface area contributed by atoms with E-state index in [0.29, 0.717) is 22.5 Å². The van der Waals surface area contributed by atoms with Gasteiger partial charge < -0.3 is 19.8 Å². The number of amides is 1. The van der Waals surface area contributed by atoms with Crippen LogP contribution in [-0.2, 0) is 14.3 Å². The summed E-state index contributed by atoms with van der Waals surface area (Å²) < 4.78 is 10.4. The number of aromatic amines is 1. The molecular weight excluding hydrogens is 374 g/mol. The van der Waals surface area contributed by atoms with Gasteiger partial charge in [-0.05, 0) is 64.4 Å². The lowest BCUT2D eigenvalue weighted by Crippen LogP contribution is -2.30. The zero-order chi connectivity index (χ0) is 21.7. The highest BCUT2D eigenvalue weighted by Crippen LogP contribution is 2.21. The number of hydrogen-bond donors (Lipinski definition) is 2. The van der Waals surface area contributed by atoms with Crippen molar-refractivity contribution >= 4 is 23.5 Å². The monoisotopic (exact) mass is 397 g/mol. The van der Waals surface area contributed by atoms with Gasteiger partial charge in [-0.1, -0.05) is 0 Å². The summed E-state index contributed by atoms with van der Waals surface area (Å²) in [5.41, 5.74) is 2.19. The number of nitrogens with zero attached hydrogens (tertiary/aromatic N) is 1. The lowest BCUT2D eigenvalue weighted by Gasteiger charge is -2.13. The molecule has 0 bridgehead atoms. The SMILES string of the molecule is Cc1[nH]c(C(=O)O[C@@H](C)C(=O)Nc2ccc(C#N)cc2)c(C)c1C(=O)OC(C)C. The van der Waals surface area contributed by atoms with Crippen LogP contribution >= 0.6 is 0 Å². The molecule has 0 fully saturated rings. The normalized spacial score (nSPS) is 11.5. The maximum Gasteiger partial charge on any atom is 0.355 e. The molecular formula is C21H23N3O5. The molecule has 1 aromatic carbocycles. The number of benzene rings is 1. The molecule has 2 aromatic rings. The second kappa shape index (κ2) is 9.06. The molecule has 0 spiro atoms. The van der Waals surface area contributed by atoms with Crippen LogP contribution in [0.4, 0.5) is 5.69 Å². The number of aryl methyl sites for hydroxylation is 1. The quantitative estimate of drug-likeness (QED) is 0.722. The highest BCUT2D eigenvalue weighted by molar-refractivity contribution is 6.00. The third-order valence-corrected chi connectivity index (χ3v) is 4.12. The van der Waals surface area contributed by atoms with Gasteiger partial charge in [0.15, 0.2) is 6.10 Å². The highest BCUT2D eigenvalue weighted by Gasteiger charge is 2.27. The summed E-state index contributed by atoms with van der Waals surface area (Å²) in [6.07, 6.45) is -1.37. The number of nitrogens with one attached hydrogen (secondary N) is 2. The van der Waals surface area contributed by atoms with E-state index < -0.39 is 23.9 Å². The summed E-state index contributed by atoms with van der Waals surface area (Å²) >= 11 is 0. The van der Waals surface area contributed by atoms with Crippen LogP contribution in [0, 0.1) is 25.2 Å². The largest absolute Gasteiger partial charge is 0.459 e. The van der Waals surface area contributed by atoms with E-state index in [2.05, 4.69) is 10.3 Å². The van der Waals surface area contributed by atoms with Crippen molar-refractivity contribution in [1.29, 1.82) is 5.26 Å². The van der Waals surface area contributed by atoms with E-state index in [1.54, 1.807) is 52.0 Å². The first-order valence-electron chi connectivity index (χ1n) is 9.06. The molecule has 0 aliphatic heterocycles.